The van der Waals surface area contributed by atoms with Crippen LogP contribution in [0, 0.1) is 0 Å². The van der Waals surface area contributed by atoms with Crippen LogP contribution in [0.5, 0.6) is 0 Å². The van der Waals surface area contributed by atoms with E-state index in [1.807, 2.05) is 25.1 Å². The molecular weight excluding hydrogens is 188 g/mol. The lowest BCUT2D eigenvalue weighted by molar-refractivity contribution is 0.348. The molecule has 1 aliphatic rings. The van der Waals surface area contributed by atoms with Gasteiger partial charge in [-0.15, -0.1) is 0 Å². The maximum absolute atomic E-state index is 5.81. The van der Waals surface area contributed by atoms with E-state index >= 15 is 0 Å². The molecule has 0 fully saturated rings. The second-order valence-corrected chi connectivity index (χ2v) is 3.87. The van der Waals surface area contributed by atoms with E-state index in [2.05, 4.69) is 11.1 Å². The summed E-state index contributed by atoms with van der Waals surface area (Å²) >= 11 is 0. The molecular formula is C12H16N2O. The molecule has 0 saturated carbocycles. The summed E-state index contributed by atoms with van der Waals surface area (Å²) in [4.78, 5) is 4.33. The molecule has 0 amide bonds. The lowest BCUT2D eigenvalue weighted by Crippen LogP contribution is -2.19. The van der Waals surface area contributed by atoms with Crippen molar-refractivity contribution in [2.45, 2.75) is 19.4 Å². The summed E-state index contributed by atoms with van der Waals surface area (Å²) in [6, 6.07) is 8.32. The van der Waals surface area contributed by atoms with Crippen molar-refractivity contribution in [2.24, 2.45) is 10.7 Å². The van der Waals surface area contributed by atoms with E-state index < -0.39 is 0 Å². The number of nitrogens with zero attached hydrogens (tertiary/aromatic N) is 1. The zero-order valence-electron chi connectivity index (χ0n) is 8.94. The Labute approximate surface area is 90.0 Å². The number of hydrogen-bond acceptors (Lipinski definition) is 3. The first-order valence-corrected chi connectivity index (χ1v) is 5.28. The molecule has 3 heteroatoms. The Balaban J connectivity index is 2.29. The van der Waals surface area contributed by atoms with Crippen LogP contribution < -0.4 is 5.73 Å². The minimum absolute atomic E-state index is 0.160. The smallest absolute Gasteiger partial charge is 0.216 e. The van der Waals surface area contributed by atoms with Crippen LogP contribution in [0.3, 0.4) is 0 Å². The fraction of sp³-hybridized carbons (Fsp3) is 0.417. The van der Waals surface area contributed by atoms with Crippen LogP contribution in [0.1, 0.15) is 18.1 Å². The fourth-order valence-electron chi connectivity index (χ4n) is 1.75. The molecule has 2 N–H and O–H groups in total. The molecule has 0 saturated heterocycles. The third-order valence-electron chi connectivity index (χ3n) is 2.38. The summed E-state index contributed by atoms with van der Waals surface area (Å²) < 4.78 is 5.47. The first-order valence-electron chi connectivity index (χ1n) is 5.28. The van der Waals surface area contributed by atoms with Crippen LogP contribution in [0.15, 0.2) is 29.3 Å². The Hall–Kier alpha value is -1.35. The van der Waals surface area contributed by atoms with Crippen LogP contribution >= 0.6 is 0 Å². The highest BCUT2D eigenvalue weighted by Gasteiger charge is 2.14. The number of benzene rings is 1. The third kappa shape index (κ3) is 2.36. The van der Waals surface area contributed by atoms with Crippen LogP contribution in [-0.4, -0.2) is 25.1 Å². The minimum Gasteiger partial charge on any atom is -0.476 e. The zero-order chi connectivity index (χ0) is 10.7. The van der Waals surface area contributed by atoms with Gasteiger partial charge in [-0.3, -0.25) is 0 Å². The van der Waals surface area contributed by atoms with E-state index in [9.17, 15) is 0 Å². The summed E-state index contributed by atoms with van der Waals surface area (Å²) in [6.45, 7) is 3.47. The predicted octanol–water partition coefficient (Wildman–Crippen LogP) is 1.35. The van der Waals surface area contributed by atoms with E-state index in [1.54, 1.807) is 0 Å². The molecule has 0 aliphatic carbocycles. The predicted molar refractivity (Wildman–Crippen MR) is 61.2 cm³/mol. The summed E-state index contributed by atoms with van der Waals surface area (Å²) in [6.07, 6.45) is 0.860. The SMILES string of the molecule is CC(N)Cc1ccccc1C1=NCCO1. The molecule has 2 rings (SSSR count). The Morgan fingerprint density at radius 3 is 2.93 bits per heavy atom. The van der Waals surface area contributed by atoms with Crippen molar-refractivity contribution in [3.63, 3.8) is 0 Å². The summed E-state index contributed by atoms with van der Waals surface area (Å²) in [7, 11) is 0. The van der Waals surface area contributed by atoms with Crippen molar-refractivity contribution in [1.82, 2.24) is 0 Å². The average molecular weight is 204 g/mol. The Kier molecular flexibility index (Phi) is 3.02. The van der Waals surface area contributed by atoms with E-state index in [1.165, 1.54) is 5.56 Å². The Morgan fingerprint density at radius 2 is 2.27 bits per heavy atom. The van der Waals surface area contributed by atoms with Crippen LogP contribution in [-0.2, 0) is 11.2 Å². The van der Waals surface area contributed by atoms with Gasteiger partial charge in [0.1, 0.15) is 6.61 Å². The van der Waals surface area contributed by atoms with Gasteiger partial charge < -0.3 is 10.5 Å². The molecule has 1 aromatic rings. The number of aliphatic imine (C=N–C) groups is 1. The molecule has 1 aromatic carbocycles. The van der Waals surface area contributed by atoms with Crippen molar-refractivity contribution in [1.29, 1.82) is 0 Å². The van der Waals surface area contributed by atoms with E-state index in [0.29, 0.717) is 6.61 Å². The third-order valence-corrected chi connectivity index (χ3v) is 2.38. The highest BCUT2D eigenvalue weighted by Crippen LogP contribution is 2.14. The molecule has 1 heterocycles. The number of hydrogen-bond donors (Lipinski definition) is 1. The standard InChI is InChI=1S/C12H16N2O/c1-9(13)8-10-4-2-3-5-11(10)12-14-6-7-15-12/h2-5,9H,6-8,13H2,1H3. The Bertz CT molecular complexity index is 372. The zero-order valence-corrected chi connectivity index (χ0v) is 8.94. The molecule has 0 spiro atoms. The second kappa shape index (κ2) is 4.45. The Morgan fingerprint density at radius 1 is 1.47 bits per heavy atom. The van der Waals surface area contributed by atoms with Gasteiger partial charge in [-0.2, -0.15) is 0 Å². The van der Waals surface area contributed by atoms with Gasteiger partial charge in [-0.1, -0.05) is 18.2 Å². The highest BCUT2D eigenvalue weighted by molar-refractivity contribution is 5.96. The van der Waals surface area contributed by atoms with Gasteiger partial charge in [-0.25, -0.2) is 4.99 Å². The average Bonchev–Trinajstić information content (AvgIpc) is 2.70. The molecule has 0 radical (unpaired) electrons. The van der Waals surface area contributed by atoms with Crippen molar-refractivity contribution in [2.75, 3.05) is 13.2 Å². The molecule has 80 valence electrons. The number of rotatable bonds is 3. The molecule has 3 nitrogen and oxygen atoms in total. The van der Waals surface area contributed by atoms with E-state index in [4.69, 9.17) is 10.5 Å². The van der Waals surface area contributed by atoms with E-state index in [0.717, 1.165) is 24.4 Å². The molecule has 1 atom stereocenters. The summed E-state index contributed by atoms with van der Waals surface area (Å²) in [5.74, 6) is 0.770. The van der Waals surface area contributed by atoms with Gasteiger partial charge in [0.25, 0.3) is 0 Å². The van der Waals surface area contributed by atoms with E-state index in [-0.39, 0.29) is 6.04 Å². The first-order chi connectivity index (χ1) is 7.27. The summed E-state index contributed by atoms with van der Waals surface area (Å²) in [5.41, 5.74) is 8.12. The van der Waals surface area contributed by atoms with Gasteiger partial charge >= 0.3 is 0 Å². The van der Waals surface area contributed by atoms with Gasteiger partial charge in [0.2, 0.25) is 5.90 Å². The van der Waals surface area contributed by atoms with Gasteiger partial charge in [-0.05, 0) is 25.0 Å². The quantitative estimate of drug-likeness (QED) is 0.808. The number of nitrogens with two attached hydrogens (primary N) is 1. The van der Waals surface area contributed by atoms with Crippen molar-refractivity contribution >= 4 is 5.90 Å². The molecule has 0 aromatic heterocycles. The summed E-state index contributed by atoms with van der Waals surface area (Å²) in [5, 5.41) is 0. The van der Waals surface area contributed by atoms with Gasteiger partial charge in [0.15, 0.2) is 0 Å². The molecule has 0 bridgehead atoms. The monoisotopic (exact) mass is 204 g/mol. The van der Waals surface area contributed by atoms with Crippen LogP contribution in [0.4, 0.5) is 0 Å². The number of ether oxygens (including phenoxy) is 1. The van der Waals surface area contributed by atoms with Crippen LogP contribution in [0.25, 0.3) is 0 Å². The minimum atomic E-state index is 0.160. The van der Waals surface area contributed by atoms with Crippen molar-refractivity contribution < 1.29 is 4.74 Å². The molecule has 1 unspecified atom stereocenters. The normalized spacial score (nSPS) is 17.1. The van der Waals surface area contributed by atoms with Crippen LogP contribution in [0.2, 0.25) is 0 Å². The molecule has 1 aliphatic heterocycles. The largest absolute Gasteiger partial charge is 0.476 e. The lowest BCUT2D eigenvalue weighted by Gasteiger charge is -2.10. The first kappa shape index (κ1) is 10.2. The topological polar surface area (TPSA) is 47.6 Å². The van der Waals surface area contributed by atoms with Gasteiger partial charge in [0.05, 0.1) is 6.54 Å². The molecule has 15 heavy (non-hydrogen) atoms. The maximum Gasteiger partial charge on any atom is 0.216 e. The lowest BCUT2D eigenvalue weighted by atomic mass is 10.0. The van der Waals surface area contributed by atoms with Crippen molar-refractivity contribution in [3.8, 4) is 0 Å². The highest BCUT2D eigenvalue weighted by atomic mass is 16.5. The van der Waals surface area contributed by atoms with Gasteiger partial charge in [0, 0.05) is 11.6 Å². The fourth-order valence-corrected chi connectivity index (χ4v) is 1.75. The second-order valence-electron chi connectivity index (χ2n) is 3.87. The maximum atomic E-state index is 5.81. The van der Waals surface area contributed by atoms with Crippen molar-refractivity contribution in [3.05, 3.63) is 35.4 Å².